The minimum absolute atomic E-state index is 0.0620. The van der Waals surface area contributed by atoms with Gasteiger partial charge >= 0.3 is 12.0 Å². The van der Waals surface area contributed by atoms with E-state index in [-0.39, 0.29) is 18.5 Å². The van der Waals surface area contributed by atoms with Crippen molar-refractivity contribution in [1.29, 1.82) is 0 Å². The summed E-state index contributed by atoms with van der Waals surface area (Å²) in [6.07, 6.45) is 2.23. The Hall–Kier alpha value is -0.950. The highest BCUT2D eigenvalue weighted by atomic mass is 32.2. The predicted molar refractivity (Wildman–Crippen MR) is 77.0 cm³/mol. The summed E-state index contributed by atoms with van der Waals surface area (Å²) in [5, 5.41) is 11.8. The number of nitrogens with zero attached hydrogens (tertiary/aromatic N) is 1. The monoisotopic (exact) mass is 302 g/mol. The number of carboxylic acids is 1. The lowest BCUT2D eigenvalue weighted by molar-refractivity contribution is -0.139. The summed E-state index contributed by atoms with van der Waals surface area (Å²) in [4.78, 5) is 24.6. The first-order valence-electron chi connectivity index (χ1n) is 7.08. The summed E-state index contributed by atoms with van der Waals surface area (Å²) in [7, 11) is 0. The molecule has 0 aliphatic carbocycles. The second kappa shape index (κ2) is 7.73. The minimum atomic E-state index is -0.900. The third-order valence-electron chi connectivity index (χ3n) is 3.78. The van der Waals surface area contributed by atoms with Crippen molar-refractivity contribution < 1.29 is 19.4 Å². The number of morpholine rings is 1. The number of aliphatic carboxylic acids is 1. The van der Waals surface area contributed by atoms with E-state index in [4.69, 9.17) is 9.84 Å². The van der Waals surface area contributed by atoms with Crippen molar-refractivity contribution in [3.63, 3.8) is 0 Å². The molecule has 0 aromatic carbocycles. The van der Waals surface area contributed by atoms with Crippen LogP contribution in [-0.2, 0) is 9.53 Å². The van der Waals surface area contributed by atoms with Crippen LogP contribution >= 0.6 is 11.8 Å². The quantitative estimate of drug-likeness (QED) is 0.810. The average Bonchev–Trinajstić information content (AvgIpc) is 2.46. The summed E-state index contributed by atoms with van der Waals surface area (Å²) in [6, 6.07) is -0.513. The molecule has 0 bridgehead atoms. The Bertz CT molecular complexity index is 347. The largest absolute Gasteiger partial charge is 0.481 e. The smallest absolute Gasteiger partial charge is 0.317 e. The Labute approximate surface area is 123 Å². The molecule has 2 heterocycles. The van der Waals surface area contributed by atoms with Crippen molar-refractivity contribution >= 4 is 23.8 Å². The lowest BCUT2D eigenvalue weighted by Gasteiger charge is -2.35. The van der Waals surface area contributed by atoms with Crippen LogP contribution < -0.4 is 5.32 Å². The molecule has 0 radical (unpaired) electrons. The van der Waals surface area contributed by atoms with Crippen molar-refractivity contribution in [2.24, 2.45) is 5.92 Å². The van der Waals surface area contributed by atoms with Gasteiger partial charge in [0.25, 0.3) is 0 Å². The molecule has 7 heteroatoms. The zero-order valence-corrected chi connectivity index (χ0v) is 12.4. The van der Waals surface area contributed by atoms with E-state index in [0.29, 0.717) is 32.2 Å². The van der Waals surface area contributed by atoms with Crippen LogP contribution in [-0.4, -0.2) is 65.9 Å². The Morgan fingerprint density at radius 3 is 2.80 bits per heavy atom. The Balaban J connectivity index is 1.80. The molecule has 1 atom stereocenters. The lowest BCUT2D eigenvalue weighted by Crippen LogP contribution is -2.53. The van der Waals surface area contributed by atoms with Crippen molar-refractivity contribution in [1.82, 2.24) is 10.2 Å². The maximum Gasteiger partial charge on any atom is 0.317 e. The van der Waals surface area contributed by atoms with E-state index in [1.54, 1.807) is 4.90 Å². The first kappa shape index (κ1) is 15.4. The van der Waals surface area contributed by atoms with Gasteiger partial charge in [-0.3, -0.25) is 4.79 Å². The molecule has 0 spiro atoms. The lowest BCUT2D eigenvalue weighted by atomic mass is 10.0. The molecule has 2 aliphatic heterocycles. The molecule has 6 nitrogen and oxygen atoms in total. The van der Waals surface area contributed by atoms with E-state index < -0.39 is 5.97 Å². The molecule has 2 rings (SSSR count). The molecule has 2 fully saturated rings. The number of carbonyl (C=O) groups is 2. The van der Waals surface area contributed by atoms with E-state index in [0.717, 1.165) is 12.8 Å². The maximum absolute atomic E-state index is 12.2. The van der Waals surface area contributed by atoms with Crippen LogP contribution in [0.25, 0.3) is 0 Å². The van der Waals surface area contributed by atoms with E-state index in [2.05, 4.69) is 5.32 Å². The molecule has 20 heavy (non-hydrogen) atoms. The van der Waals surface area contributed by atoms with Crippen molar-refractivity contribution in [2.75, 3.05) is 37.8 Å². The Morgan fingerprint density at radius 1 is 1.35 bits per heavy atom. The third kappa shape index (κ3) is 4.56. The number of rotatable bonds is 4. The molecule has 2 saturated heterocycles. The predicted octanol–water partition coefficient (Wildman–Crippen LogP) is 1.01. The van der Waals surface area contributed by atoms with Gasteiger partial charge in [0, 0.05) is 13.1 Å². The van der Waals surface area contributed by atoms with Crippen LogP contribution in [0.2, 0.25) is 0 Å². The van der Waals surface area contributed by atoms with Gasteiger partial charge in [-0.05, 0) is 30.3 Å². The SMILES string of the molecule is O=C(O)CC1COCCN1C(=O)NCC1CCSCC1. The number of urea groups is 1. The Kier molecular flexibility index (Phi) is 5.97. The third-order valence-corrected chi connectivity index (χ3v) is 4.83. The van der Waals surface area contributed by atoms with Gasteiger partial charge in [-0.2, -0.15) is 11.8 Å². The van der Waals surface area contributed by atoms with E-state index in [9.17, 15) is 9.59 Å². The number of ether oxygens (including phenoxy) is 1. The van der Waals surface area contributed by atoms with Gasteiger partial charge in [0.15, 0.2) is 0 Å². The molecule has 0 saturated carbocycles. The van der Waals surface area contributed by atoms with Gasteiger partial charge in [0.2, 0.25) is 0 Å². The number of thioether (sulfide) groups is 1. The molecule has 0 aromatic rings. The first-order chi connectivity index (χ1) is 9.66. The van der Waals surface area contributed by atoms with Gasteiger partial charge < -0.3 is 20.1 Å². The van der Waals surface area contributed by atoms with Gasteiger partial charge in [-0.1, -0.05) is 0 Å². The number of carboxylic acid groups (broad SMARTS) is 1. The topological polar surface area (TPSA) is 78.9 Å². The van der Waals surface area contributed by atoms with E-state index in [1.807, 2.05) is 11.8 Å². The molecule has 1 unspecified atom stereocenters. The second-order valence-corrected chi connectivity index (χ2v) is 6.49. The van der Waals surface area contributed by atoms with E-state index in [1.165, 1.54) is 11.5 Å². The number of carbonyl (C=O) groups excluding carboxylic acids is 1. The molecular weight excluding hydrogens is 280 g/mol. The number of hydrogen-bond donors (Lipinski definition) is 2. The molecule has 2 aliphatic rings. The highest BCUT2D eigenvalue weighted by Crippen LogP contribution is 2.22. The van der Waals surface area contributed by atoms with Gasteiger partial charge in [-0.15, -0.1) is 0 Å². The zero-order valence-electron chi connectivity index (χ0n) is 11.5. The Morgan fingerprint density at radius 2 is 2.10 bits per heavy atom. The van der Waals surface area contributed by atoms with Crippen LogP contribution in [0.15, 0.2) is 0 Å². The number of amides is 2. The number of nitrogens with one attached hydrogen (secondary N) is 1. The second-order valence-electron chi connectivity index (χ2n) is 5.26. The van der Waals surface area contributed by atoms with E-state index >= 15 is 0 Å². The summed E-state index contributed by atoms with van der Waals surface area (Å²) in [5.41, 5.74) is 0. The fourth-order valence-corrected chi connectivity index (χ4v) is 3.78. The summed E-state index contributed by atoms with van der Waals surface area (Å²) in [6.45, 7) is 1.93. The van der Waals surface area contributed by atoms with Crippen molar-refractivity contribution in [3.05, 3.63) is 0 Å². The standard InChI is InChI=1S/C13H22N2O4S/c16-12(17)7-11-9-19-4-3-15(11)13(18)14-8-10-1-5-20-6-2-10/h10-11H,1-9H2,(H,14,18)(H,16,17). The number of hydrogen-bond acceptors (Lipinski definition) is 4. The van der Waals surface area contributed by atoms with Crippen molar-refractivity contribution in [3.8, 4) is 0 Å². The normalized spacial score (nSPS) is 24.4. The first-order valence-corrected chi connectivity index (χ1v) is 8.24. The summed E-state index contributed by atoms with van der Waals surface area (Å²) in [5.74, 6) is 1.99. The highest BCUT2D eigenvalue weighted by molar-refractivity contribution is 7.99. The summed E-state index contributed by atoms with van der Waals surface area (Å²) >= 11 is 1.96. The molecular formula is C13H22N2O4S. The average molecular weight is 302 g/mol. The molecule has 114 valence electrons. The van der Waals surface area contributed by atoms with Crippen LogP contribution in [0.4, 0.5) is 4.79 Å². The molecule has 2 amide bonds. The van der Waals surface area contributed by atoms with Crippen LogP contribution in [0.5, 0.6) is 0 Å². The molecule has 0 aromatic heterocycles. The fraction of sp³-hybridized carbons (Fsp3) is 0.846. The van der Waals surface area contributed by atoms with Gasteiger partial charge in [0.05, 0.1) is 25.7 Å². The molecule has 2 N–H and O–H groups in total. The van der Waals surface area contributed by atoms with Crippen LogP contribution in [0.3, 0.4) is 0 Å². The van der Waals surface area contributed by atoms with Crippen molar-refractivity contribution in [2.45, 2.75) is 25.3 Å². The summed E-state index contributed by atoms with van der Waals surface area (Å²) < 4.78 is 5.27. The minimum Gasteiger partial charge on any atom is -0.481 e. The zero-order chi connectivity index (χ0) is 14.4. The van der Waals surface area contributed by atoms with Gasteiger partial charge in [0.1, 0.15) is 0 Å². The van der Waals surface area contributed by atoms with Gasteiger partial charge in [-0.25, -0.2) is 4.79 Å². The maximum atomic E-state index is 12.2. The highest BCUT2D eigenvalue weighted by Gasteiger charge is 2.29. The van der Waals surface area contributed by atoms with Crippen LogP contribution in [0, 0.1) is 5.92 Å². The fourth-order valence-electron chi connectivity index (χ4n) is 2.58. The van der Waals surface area contributed by atoms with Crippen LogP contribution in [0.1, 0.15) is 19.3 Å².